The van der Waals surface area contributed by atoms with E-state index in [1.54, 1.807) is 12.1 Å². The third kappa shape index (κ3) is 3.11. The number of piperidine rings is 1. The molecule has 1 aliphatic rings. The van der Waals surface area contributed by atoms with E-state index in [0.29, 0.717) is 10.8 Å². The predicted molar refractivity (Wildman–Crippen MR) is 64.9 cm³/mol. The lowest BCUT2D eigenvalue weighted by molar-refractivity contribution is 0.0687. The third-order valence-electron chi connectivity index (χ3n) is 2.75. The van der Waals surface area contributed by atoms with Crippen LogP contribution in [0.4, 0.5) is 0 Å². The van der Waals surface area contributed by atoms with Gasteiger partial charge in [-0.05, 0) is 44.1 Å². The molecule has 0 bridgehead atoms. The molecule has 2 rings (SSSR count). The topological polar surface area (TPSA) is 58.6 Å². The maximum absolute atomic E-state index is 11.1. The summed E-state index contributed by atoms with van der Waals surface area (Å²) < 4.78 is 5.72. The molecule has 1 saturated heterocycles. The van der Waals surface area contributed by atoms with Gasteiger partial charge in [-0.25, -0.2) is 4.79 Å². The van der Waals surface area contributed by atoms with Gasteiger partial charge in [0.1, 0.15) is 17.4 Å². The summed E-state index contributed by atoms with van der Waals surface area (Å²) in [6, 6.07) is 4.68. The zero-order valence-corrected chi connectivity index (χ0v) is 10.0. The molecule has 5 heteroatoms. The fourth-order valence-electron chi connectivity index (χ4n) is 1.86. The van der Waals surface area contributed by atoms with E-state index in [2.05, 4.69) is 5.32 Å². The number of ether oxygens (including phenoxy) is 1. The number of aromatic carboxylic acids is 1. The molecule has 1 aromatic carbocycles. The number of carboxylic acids is 1. The van der Waals surface area contributed by atoms with Crippen molar-refractivity contribution in [3.8, 4) is 5.75 Å². The maximum Gasteiger partial charge on any atom is 0.339 e. The van der Waals surface area contributed by atoms with Crippen LogP contribution in [0.5, 0.6) is 5.75 Å². The minimum absolute atomic E-state index is 0.0792. The molecule has 92 valence electrons. The molecule has 1 aliphatic heterocycles. The Morgan fingerprint density at radius 2 is 2.12 bits per heavy atom. The van der Waals surface area contributed by atoms with Crippen molar-refractivity contribution < 1.29 is 14.6 Å². The van der Waals surface area contributed by atoms with Crippen molar-refractivity contribution in [1.82, 2.24) is 5.32 Å². The second kappa shape index (κ2) is 5.38. The highest BCUT2D eigenvalue weighted by molar-refractivity contribution is 6.31. The average Bonchev–Trinajstić information content (AvgIpc) is 2.32. The average molecular weight is 256 g/mol. The Morgan fingerprint density at radius 3 is 2.76 bits per heavy atom. The van der Waals surface area contributed by atoms with Gasteiger partial charge in [0.25, 0.3) is 0 Å². The lowest BCUT2D eigenvalue weighted by atomic mass is 10.1. The van der Waals surface area contributed by atoms with Crippen LogP contribution in [0.15, 0.2) is 18.2 Å². The highest BCUT2D eigenvalue weighted by Gasteiger charge is 2.18. The third-order valence-corrected chi connectivity index (χ3v) is 2.99. The van der Waals surface area contributed by atoms with E-state index in [9.17, 15) is 4.79 Å². The molecule has 1 aromatic rings. The quantitative estimate of drug-likeness (QED) is 0.869. The zero-order valence-electron chi connectivity index (χ0n) is 9.28. The molecule has 0 radical (unpaired) electrons. The lowest BCUT2D eigenvalue weighted by Crippen LogP contribution is -2.34. The van der Waals surface area contributed by atoms with Crippen molar-refractivity contribution in [2.24, 2.45) is 0 Å². The molecule has 17 heavy (non-hydrogen) atoms. The predicted octanol–water partition coefficient (Wildman–Crippen LogP) is 2.17. The van der Waals surface area contributed by atoms with E-state index in [1.807, 2.05) is 0 Å². The number of halogens is 1. The summed E-state index contributed by atoms with van der Waals surface area (Å²) in [6.45, 7) is 1.81. The number of rotatable bonds is 3. The molecule has 0 spiro atoms. The summed E-state index contributed by atoms with van der Waals surface area (Å²) in [6.07, 6.45) is 1.86. The number of carboxylic acid groups (broad SMARTS) is 1. The smallest absolute Gasteiger partial charge is 0.339 e. The first-order valence-electron chi connectivity index (χ1n) is 5.57. The van der Waals surface area contributed by atoms with E-state index in [0.717, 1.165) is 25.9 Å². The first kappa shape index (κ1) is 12.2. The lowest BCUT2D eigenvalue weighted by Gasteiger charge is -2.24. The second-order valence-electron chi connectivity index (χ2n) is 4.01. The molecular weight excluding hydrogens is 242 g/mol. The Labute approximate surface area is 105 Å². The summed E-state index contributed by atoms with van der Waals surface area (Å²) >= 11 is 5.77. The Kier molecular flexibility index (Phi) is 3.86. The summed E-state index contributed by atoms with van der Waals surface area (Å²) in [5.74, 6) is -0.620. The van der Waals surface area contributed by atoms with E-state index < -0.39 is 5.97 Å². The van der Waals surface area contributed by atoms with Crippen molar-refractivity contribution in [3.63, 3.8) is 0 Å². The van der Waals surface area contributed by atoms with Crippen LogP contribution in [0.1, 0.15) is 23.2 Å². The first-order valence-corrected chi connectivity index (χ1v) is 5.95. The van der Waals surface area contributed by atoms with E-state index >= 15 is 0 Å². The van der Waals surface area contributed by atoms with Crippen LogP contribution < -0.4 is 10.1 Å². The molecule has 1 fully saturated rings. The van der Waals surface area contributed by atoms with Gasteiger partial charge in [-0.3, -0.25) is 0 Å². The highest BCUT2D eigenvalue weighted by atomic mass is 35.5. The van der Waals surface area contributed by atoms with Gasteiger partial charge in [-0.15, -0.1) is 0 Å². The van der Waals surface area contributed by atoms with Gasteiger partial charge in [0, 0.05) is 5.02 Å². The number of carbonyl (C=O) groups is 1. The van der Waals surface area contributed by atoms with Gasteiger partial charge in [-0.2, -0.15) is 0 Å². The van der Waals surface area contributed by atoms with Crippen molar-refractivity contribution in [2.75, 3.05) is 13.1 Å². The molecule has 0 atom stereocenters. The number of nitrogens with one attached hydrogen (secondary N) is 1. The van der Waals surface area contributed by atoms with Crippen LogP contribution in [-0.4, -0.2) is 30.3 Å². The van der Waals surface area contributed by atoms with Crippen LogP contribution in [-0.2, 0) is 0 Å². The molecule has 4 nitrogen and oxygen atoms in total. The first-order chi connectivity index (χ1) is 8.16. The Balaban J connectivity index is 2.16. The Hall–Kier alpha value is -1.26. The molecule has 0 amide bonds. The summed E-state index contributed by atoms with van der Waals surface area (Å²) in [7, 11) is 0. The van der Waals surface area contributed by atoms with Crippen molar-refractivity contribution >= 4 is 17.6 Å². The molecule has 0 saturated carbocycles. The van der Waals surface area contributed by atoms with Crippen LogP contribution in [0.3, 0.4) is 0 Å². The van der Waals surface area contributed by atoms with Crippen molar-refractivity contribution in [3.05, 3.63) is 28.8 Å². The Morgan fingerprint density at radius 1 is 1.41 bits per heavy atom. The molecule has 1 heterocycles. The molecule has 0 aromatic heterocycles. The van der Waals surface area contributed by atoms with Crippen LogP contribution in [0.2, 0.25) is 5.02 Å². The van der Waals surface area contributed by atoms with Gasteiger partial charge in [-0.1, -0.05) is 11.6 Å². The van der Waals surface area contributed by atoms with Gasteiger partial charge in [0.15, 0.2) is 0 Å². The van der Waals surface area contributed by atoms with Gasteiger partial charge in [0.05, 0.1) is 0 Å². The minimum Gasteiger partial charge on any atom is -0.489 e. The van der Waals surface area contributed by atoms with Gasteiger partial charge < -0.3 is 15.2 Å². The van der Waals surface area contributed by atoms with E-state index in [4.69, 9.17) is 21.4 Å². The van der Waals surface area contributed by atoms with Crippen LogP contribution in [0.25, 0.3) is 0 Å². The van der Waals surface area contributed by atoms with Crippen LogP contribution >= 0.6 is 11.6 Å². The fraction of sp³-hybridized carbons (Fsp3) is 0.417. The zero-order chi connectivity index (χ0) is 12.3. The molecule has 0 aliphatic carbocycles. The minimum atomic E-state index is -1.02. The SMILES string of the molecule is O=C(O)c1cc(Cl)ccc1OC1CCNCC1. The highest BCUT2D eigenvalue weighted by Crippen LogP contribution is 2.25. The largest absolute Gasteiger partial charge is 0.489 e. The molecule has 2 N–H and O–H groups in total. The maximum atomic E-state index is 11.1. The van der Waals surface area contributed by atoms with Crippen molar-refractivity contribution in [1.29, 1.82) is 0 Å². The Bertz CT molecular complexity index is 416. The van der Waals surface area contributed by atoms with Gasteiger partial charge in [0.2, 0.25) is 0 Å². The standard InChI is InChI=1S/C12H14ClNO3/c13-8-1-2-11(10(7-8)12(15)16)17-9-3-5-14-6-4-9/h1-2,7,9,14H,3-6H2,(H,15,16). The summed E-state index contributed by atoms with van der Waals surface area (Å²) in [5, 5.41) is 12.7. The van der Waals surface area contributed by atoms with E-state index in [1.165, 1.54) is 6.07 Å². The monoisotopic (exact) mass is 255 g/mol. The van der Waals surface area contributed by atoms with Crippen molar-refractivity contribution in [2.45, 2.75) is 18.9 Å². The number of hydrogen-bond donors (Lipinski definition) is 2. The molecular formula is C12H14ClNO3. The normalized spacial score (nSPS) is 16.8. The molecule has 0 unspecified atom stereocenters. The summed E-state index contributed by atoms with van der Waals surface area (Å²) in [4.78, 5) is 11.1. The van der Waals surface area contributed by atoms with E-state index in [-0.39, 0.29) is 11.7 Å². The number of benzene rings is 1. The second-order valence-corrected chi connectivity index (χ2v) is 4.45. The van der Waals surface area contributed by atoms with Crippen LogP contribution in [0, 0.1) is 0 Å². The number of hydrogen-bond acceptors (Lipinski definition) is 3. The summed E-state index contributed by atoms with van der Waals surface area (Å²) in [5.41, 5.74) is 0.121. The van der Waals surface area contributed by atoms with Gasteiger partial charge >= 0.3 is 5.97 Å². The fourth-order valence-corrected chi connectivity index (χ4v) is 2.04.